The Morgan fingerprint density at radius 3 is 1.88 bits per heavy atom. The Labute approximate surface area is 169 Å². The smallest absolute Gasteiger partial charge is 0.726 e. The van der Waals surface area contributed by atoms with Gasteiger partial charge in [-0.25, -0.2) is 8.42 Å². The Balaban J connectivity index is 0. The molecule has 1 atom stereocenters. The topological polar surface area (TPSA) is 92.7 Å². The maximum absolute atomic E-state index is 11.4. The molecule has 138 valence electrons. The van der Waals surface area contributed by atoms with E-state index in [2.05, 4.69) is 11.1 Å². The molecule has 0 fully saturated rings. The predicted molar refractivity (Wildman–Crippen MR) is 87.7 cm³/mol. The third-order valence-corrected chi connectivity index (χ3v) is 4.06. The van der Waals surface area contributed by atoms with Gasteiger partial charge in [0.05, 0.1) is 19.1 Å². The molecule has 0 amide bonds. The van der Waals surface area contributed by atoms with Crippen LogP contribution in [0.25, 0.3) is 0 Å². The Kier molecular flexibility index (Phi) is 18.6. The van der Waals surface area contributed by atoms with Crippen molar-refractivity contribution in [3.63, 3.8) is 0 Å². The minimum atomic E-state index is -4.77. The summed E-state index contributed by atoms with van der Waals surface area (Å²) in [6.45, 7) is 3.88. The average Bonchev–Trinajstić information content (AvgIpc) is 2.42. The van der Waals surface area contributed by atoms with Crippen LogP contribution in [0.1, 0.15) is 84.5 Å². The maximum atomic E-state index is 11.4. The summed E-state index contributed by atoms with van der Waals surface area (Å²) < 4.78 is 40.2. The number of carbonyl (C=O) groups is 1. The largest absolute Gasteiger partial charge is 1.00 e. The zero-order valence-electron chi connectivity index (χ0n) is 15.4. The van der Waals surface area contributed by atoms with Crippen LogP contribution in [0.5, 0.6) is 0 Å². The molecule has 0 N–H and O–H groups in total. The molecule has 0 aliphatic rings. The van der Waals surface area contributed by atoms with Crippen molar-refractivity contribution in [2.75, 3.05) is 6.61 Å². The van der Waals surface area contributed by atoms with Gasteiger partial charge >= 0.3 is 35.5 Å². The van der Waals surface area contributed by atoms with E-state index >= 15 is 0 Å². The second-order valence-electron chi connectivity index (χ2n) is 5.92. The van der Waals surface area contributed by atoms with Gasteiger partial charge in [-0.2, -0.15) is 0 Å². The van der Waals surface area contributed by atoms with Crippen LogP contribution in [-0.2, 0) is 24.1 Å². The van der Waals surface area contributed by atoms with Crippen LogP contribution in [0, 0.1) is 0 Å². The number of hydrogen-bond donors (Lipinski definition) is 0. The maximum Gasteiger partial charge on any atom is 1.00 e. The molecule has 0 spiro atoms. The zero-order chi connectivity index (χ0) is 17.6. The van der Waals surface area contributed by atoms with Gasteiger partial charge in [-0.3, -0.25) is 8.98 Å². The molecule has 0 radical (unpaired) electrons. The zero-order valence-corrected chi connectivity index (χ0v) is 18.2. The molecule has 0 rings (SSSR count). The average molecular weight is 374 g/mol. The molecule has 0 aromatic carbocycles. The summed E-state index contributed by atoms with van der Waals surface area (Å²) in [7, 11) is -4.77. The first-order valence-corrected chi connectivity index (χ1v) is 9.98. The number of hydrogen-bond acceptors (Lipinski definition) is 6. The van der Waals surface area contributed by atoms with Gasteiger partial charge in [0, 0.05) is 0 Å². The summed E-state index contributed by atoms with van der Waals surface area (Å²) in [6, 6.07) is 0. The van der Waals surface area contributed by atoms with Crippen molar-refractivity contribution in [1.29, 1.82) is 0 Å². The Morgan fingerprint density at radius 2 is 1.42 bits per heavy atom. The molecule has 0 bridgehead atoms. The van der Waals surface area contributed by atoms with Crippen molar-refractivity contribution in [2.24, 2.45) is 0 Å². The quantitative estimate of drug-likeness (QED) is 0.138. The monoisotopic (exact) mass is 374 g/mol. The molecule has 24 heavy (non-hydrogen) atoms. The first kappa shape index (κ1) is 26.6. The molecule has 0 aromatic rings. The molecule has 0 aliphatic carbocycles. The van der Waals surface area contributed by atoms with Gasteiger partial charge in [0.1, 0.15) is 0 Å². The van der Waals surface area contributed by atoms with E-state index in [9.17, 15) is 17.8 Å². The molecule has 0 aliphatic heterocycles. The molecular weight excluding hydrogens is 343 g/mol. The third-order valence-electron chi connectivity index (χ3n) is 3.50. The van der Waals surface area contributed by atoms with Gasteiger partial charge in [0.25, 0.3) is 0 Å². The van der Waals surface area contributed by atoms with Crippen LogP contribution in [0.4, 0.5) is 0 Å². The van der Waals surface area contributed by atoms with Crippen LogP contribution in [0.2, 0.25) is 0 Å². The molecule has 8 heteroatoms. The van der Waals surface area contributed by atoms with Crippen molar-refractivity contribution in [3.8, 4) is 0 Å². The van der Waals surface area contributed by atoms with Crippen LogP contribution >= 0.6 is 0 Å². The number of ether oxygens (including phenoxy) is 1. The van der Waals surface area contributed by atoms with Crippen LogP contribution in [0.15, 0.2) is 0 Å². The van der Waals surface area contributed by atoms with Crippen molar-refractivity contribution in [1.82, 2.24) is 0 Å². The fourth-order valence-corrected chi connectivity index (χ4v) is 2.77. The first-order valence-electron chi connectivity index (χ1n) is 8.65. The molecule has 6 nitrogen and oxygen atoms in total. The summed E-state index contributed by atoms with van der Waals surface area (Å²) in [6.07, 6.45) is 10.8. The van der Waals surface area contributed by atoms with Crippen LogP contribution in [0.3, 0.4) is 0 Å². The summed E-state index contributed by atoms with van der Waals surface area (Å²) in [5.41, 5.74) is 0. The number of rotatable bonds is 15. The predicted octanol–water partition coefficient (Wildman–Crippen LogP) is 0.710. The van der Waals surface area contributed by atoms with E-state index in [-0.39, 0.29) is 36.0 Å². The number of esters is 1. The normalized spacial score (nSPS) is 12.5. The summed E-state index contributed by atoms with van der Waals surface area (Å²) in [5, 5.41) is 0. The van der Waals surface area contributed by atoms with Crippen molar-refractivity contribution >= 4 is 16.4 Å². The first-order chi connectivity index (χ1) is 10.8. The van der Waals surface area contributed by atoms with E-state index in [4.69, 9.17) is 4.74 Å². The Bertz CT molecular complexity index is 399. The van der Waals surface area contributed by atoms with Gasteiger partial charge in [-0.1, -0.05) is 64.7 Å². The minimum Gasteiger partial charge on any atom is -0.726 e. The molecule has 0 saturated heterocycles. The van der Waals surface area contributed by atoms with E-state index in [1.54, 1.807) is 0 Å². The van der Waals surface area contributed by atoms with Crippen LogP contribution < -0.4 is 29.6 Å². The SMILES string of the molecule is CCCCCCCCCCCCOC(=O)CC(C)OS(=O)(=O)[O-].[Na+]. The van der Waals surface area contributed by atoms with E-state index in [1.807, 2.05) is 0 Å². The van der Waals surface area contributed by atoms with Gasteiger partial charge in [-0.05, 0) is 13.3 Å². The summed E-state index contributed by atoms with van der Waals surface area (Å²) >= 11 is 0. The minimum absolute atomic E-state index is 0. The van der Waals surface area contributed by atoms with E-state index in [0.29, 0.717) is 6.61 Å². The van der Waals surface area contributed by atoms with E-state index in [1.165, 1.54) is 51.9 Å². The number of carbonyl (C=O) groups excluding carboxylic acids is 1. The van der Waals surface area contributed by atoms with Crippen LogP contribution in [-0.4, -0.2) is 31.7 Å². The van der Waals surface area contributed by atoms with Gasteiger partial charge in [0.15, 0.2) is 0 Å². The second kappa shape index (κ2) is 16.8. The fraction of sp³-hybridized carbons (Fsp3) is 0.938. The third kappa shape index (κ3) is 20.4. The summed E-state index contributed by atoms with van der Waals surface area (Å²) in [4.78, 5) is 11.4. The number of unbranched alkanes of at least 4 members (excludes halogenated alkanes) is 9. The van der Waals surface area contributed by atoms with Gasteiger partial charge < -0.3 is 9.29 Å². The standard InChI is InChI=1S/C16H32O6S.Na/c1-3-4-5-6-7-8-9-10-11-12-13-21-16(17)14-15(2)22-23(18,19)20;/h15H,3-14H2,1-2H3,(H,18,19,20);/q;+1/p-1. The molecule has 0 aromatic heterocycles. The van der Waals surface area contributed by atoms with Crippen molar-refractivity contribution < 1.29 is 56.2 Å². The second-order valence-corrected chi connectivity index (χ2v) is 6.93. The van der Waals surface area contributed by atoms with Gasteiger partial charge in [-0.15, -0.1) is 0 Å². The molecule has 0 heterocycles. The van der Waals surface area contributed by atoms with E-state index in [0.717, 1.165) is 19.3 Å². The Hall–Kier alpha value is 0.340. The van der Waals surface area contributed by atoms with Crippen molar-refractivity contribution in [3.05, 3.63) is 0 Å². The molecule has 1 unspecified atom stereocenters. The fourth-order valence-electron chi connectivity index (χ4n) is 2.30. The summed E-state index contributed by atoms with van der Waals surface area (Å²) in [5.74, 6) is -0.544. The Morgan fingerprint density at radius 1 is 0.958 bits per heavy atom. The van der Waals surface area contributed by atoms with Crippen molar-refractivity contribution in [2.45, 2.75) is 90.6 Å². The molecule has 0 saturated carbocycles. The van der Waals surface area contributed by atoms with Gasteiger partial charge in [0.2, 0.25) is 10.4 Å². The van der Waals surface area contributed by atoms with E-state index < -0.39 is 22.5 Å². The molecular formula is C16H31NaO6S.